The van der Waals surface area contributed by atoms with E-state index in [9.17, 15) is 4.79 Å². The summed E-state index contributed by atoms with van der Waals surface area (Å²) in [5.41, 5.74) is 1.29. The third-order valence-corrected chi connectivity index (χ3v) is 5.32. The number of urea groups is 1. The van der Waals surface area contributed by atoms with Crippen molar-refractivity contribution >= 4 is 6.03 Å². The number of nitrogens with zero attached hydrogens (tertiary/aromatic N) is 2. The number of carbonyl (C=O) groups is 1. The van der Waals surface area contributed by atoms with Crippen LogP contribution in [0.1, 0.15) is 24.8 Å². The molecule has 1 aromatic carbocycles. The largest absolute Gasteiger partial charge is 0.334 e. The van der Waals surface area contributed by atoms with Crippen LogP contribution in [0.5, 0.6) is 0 Å². The Morgan fingerprint density at radius 3 is 2.70 bits per heavy atom. The second-order valence-electron chi connectivity index (χ2n) is 6.82. The molecule has 0 atom stereocenters. The van der Waals surface area contributed by atoms with Crippen LogP contribution in [0.4, 0.5) is 4.79 Å². The van der Waals surface area contributed by atoms with Gasteiger partial charge in [0.2, 0.25) is 0 Å². The van der Waals surface area contributed by atoms with Crippen LogP contribution in [0, 0.1) is 0 Å². The van der Waals surface area contributed by atoms with E-state index in [0.717, 1.165) is 57.5 Å². The molecular formula is C18H28N4O. The Labute approximate surface area is 139 Å². The first kappa shape index (κ1) is 16.3. The minimum atomic E-state index is 0.0714. The van der Waals surface area contributed by atoms with Gasteiger partial charge in [-0.2, -0.15) is 0 Å². The van der Waals surface area contributed by atoms with Gasteiger partial charge >= 0.3 is 6.03 Å². The Morgan fingerprint density at radius 2 is 1.96 bits per heavy atom. The first-order valence-corrected chi connectivity index (χ1v) is 8.68. The molecule has 1 spiro atoms. The fourth-order valence-corrected chi connectivity index (χ4v) is 3.78. The Balaban J connectivity index is 1.62. The van der Waals surface area contributed by atoms with Gasteiger partial charge in [0.15, 0.2) is 0 Å². The fraction of sp³-hybridized carbons (Fsp3) is 0.611. The molecule has 2 amide bonds. The molecule has 0 radical (unpaired) electrons. The highest BCUT2D eigenvalue weighted by Gasteiger charge is 2.40. The predicted octanol–water partition coefficient (Wildman–Crippen LogP) is 1.66. The third-order valence-electron chi connectivity index (χ3n) is 5.32. The molecule has 2 aliphatic rings. The van der Waals surface area contributed by atoms with E-state index in [2.05, 4.69) is 22.6 Å². The summed E-state index contributed by atoms with van der Waals surface area (Å²) in [4.78, 5) is 17.1. The van der Waals surface area contributed by atoms with Crippen LogP contribution >= 0.6 is 0 Å². The molecule has 2 saturated heterocycles. The van der Waals surface area contributed by atoms with E-state index in [1.165, 1.54) is 0 Å². The zero-order valence-corrected chi connectivity index (χ0v) is 14.1. The molecule has 2 heterocycles. The van der Waals surface area contributed by atoms with Gasteiger partial charge in [0, 0.05) is 31.7 Å². The van der Waals surface area contributed by atoms with E-state index in [1.807, 2.05) is 35.2 Å². The minimum Gasteiger partial charge on any atom is -0.334 e. The fourth-order valence-electron chi connectivity index (χ4n) is 3.78. The van der Waals surface area contributed by atoms with Crippen molar-refractivity contribution in [3.63, 3.8) is 0 Å². The van der Waals surface area contributed by atoms with E-state index < -0.39 is 0 Å². The quantitative estimate of drug-likeness (QED) is 0.872. The molecule has 23 heavy (non-hydrogen) atoms. The number of benzene rings is 1. The van der Waals surface area contributed by atoms with Gasteiger partial charge in [-0.1, -0.05) is 30.3 Å². The second-order valence-corrected chi connectivity index (χ2v) is 6.82. The van der Waals surface area contributed by atoms with Crippen LogP contribution in [0.3, 0.4) is 0 Å². The van der Waals surface area contributed by atoms with Crippen LogP contribution in [-0.2, 0) is 6.54 Å². The second kappa shape index (κ2) is 7.32. The van der Waals surface area contributed by atoms with E-state index in [1.54, 1.807) is 0 Å². The number of hydrogen-bond donors (Lipinski definition) is 2. The van der Waals surface area contributed by atoms with Crippen molar-refractivity contribution in [2.75, 3.05) is 39.8 Å². The van der Waals surface area contributed by atoms with E-state index in [-0.39, 0.29) is 11.6 Å². The molecule has 0 saturated carbocycles. The van der Waals surface area contributed by atoms with Crippen molar-refractivity contribution in [3.05, 3.63) is 35.9 Å². The van der Waals surface area contributed by atoms with Gasteiger partial charge in [-0.3, -0.25) is 4.90 Å². The average molecular weight is 316 g/mol. The summed E-state index contributed by atoms with van der Waals surface area (Å²) in [6.07, 6.45) is 3.28. The van der Waals surface area contributed by atoms with Crippen molar-refractivity contribution in [3.8, 4) is 0 Å². The van der Waals surface area contributed by atoms with E-state index in [4.69, 9.17) is 0 Å². The topological polar surface area (TPSA) is 47.6 Å². The van der Waals surface area contributed by atoms with Crippen LogP contribution in [0.15, 0.2) is 30.3 Å². The minimum absolute atomic E-state index is 0.0714. The molecule has 1 aromatic rings. The zero-order valence-electron chi connectivity index (χ0n) is 14.1. The summed E-state index contributed by atoms with van der Waals surface area (Å²) in [7, 11) is 2.22. The molecule has 2 N–H and O–H groups in total. The summed E-state index contributed by atoms with van der Waals surface area (Å²) in [5, 5.41) is 6.53. The van der Waals surface area contributed by atoms with E-state index >= 15 is 0 Å². The van der Waals surface area contributed by atoms with Crippen molar-refractivity contribution in [2.24, 2.45) is 0 Å². The van der Waals surface area contributed by atoms with Gasteiger partial charge in [0.05, 0.1) is 0 Å². The van der Waals surface area contributed by atoms with E-state index in [0.29, 0.717) is 6.54 Å². The van der Waals surface area contributed by atoms with Crippen molar-refractivity contribution < 1.29 is 4.79 Å². The summed E-state index contributed by atoms with van der Waals surface area (Å²) >= 11 is 0. The summed E-state index contributed by atoms with van der Waals surface area (Å²) in [6.45, 7) is 5.45. The third kappa shape index (κ3) is 3.85. The average Bonchev–Trinajstić information content (AvgIpc) is 2.74. The molecule has 5 nitrogen and oxygen atoms in total. The lowest BCUT2D eigenvalue weighted by Gasteiger charge is -2.45. The summed E-state index contributed by atoms with van der Waals surface area (Å²) in [5.74, 6) is 0. The van der Waals surface area contributed by atoms with Gasteiger partial charge in [0.25, 0.3) is 0 Å². The molecule has 2 fully saturated rings. The number of amides is 2. The molecule has 0 unspecified atom stereocenters. The number of likely N-dealkylation sites (N-methyl/N-ethyl adjacent to an activating group) is 1. The van der Waals surface area contributed by atoms with Crippen LogP contribution < -0.4 is 10.6 Å². The molecule has 2 aliphatic heterocycles. The van der Waals surface area contributed by atoms with Crippen molar-refractivity contribution in [1.29, 1.82) is 0 Å². The highest BCUT2D eigenvalue weighted by Crippen LogP contribution is 2.28. The normalized spacial score (nSPS) is 21.9. The molecule has 3 rings (SSSR count). The summed E-state index contributed by atoms with van der Waals surface area (Å²) < 4.78 is 0. The van der Waals surface area contributed by atoms with Gasteiger partial charge in [0.1, 0.15) is 0 Å². The molecule has 0 aliphatic carbocycles. The Bertz CT molecular complexity index is 513. The number of rotatable bonds is 2. The highest BCUT2D eigenvalue weighted by molar-refractivity contribution is 5.74. The molecule has 0 bridgehead atoms. The molecule has 0 aromatic heterocycles. The standard InChI is InChI=1S/C18H28N4O/c1-21-12-5-13-22(15-18(21)8-10-19-11-9-18)17(23)20-14-16-6-3-2-4-7-16/h2-4,6-7,19H,5,8-15H2,1H3,(H,20,23). The lowest BCUT2D eigenvalue weighted by Crippen LogP contribution is -2.58. The van der Waals surface area contributed by atoms with Gasteiger partial charge < -0.3 is 15.5 Å². The predicted molar refractivity (Wildman–Crippen MR) is 92.3 cm³/mol. The maximum Gasteiger partial charge on any atom is 0.317 e. The first-order chi connectivity index (χ1) is 11.2. The molecule has 5 heteroatoms. The maximum atomic E-state index is 12.6. The van der Waals surface area contributed by atoms with Gasteiger partial charge in [-0.05, 0) is 45.0 Å². The molecule has 126 valence electrons. The lowest BCUT2D eigenvalue weighted by atomic mass is 9.86. The first-order valence-electron chi connectivity index (χ1n) is 8.68. The monoisotopic (exact) mass is 316 g/mol. The van der Waals surface area contributed by atoms with Gasteiger partial charge in [-0.25, -0.2) is 4.79 Å². The van der Waals surface area contributed by atoms with Crippen molar-refractivity contribution in [1.82, 2.24) is 20.4 Å². The number of hydrogen-bond acceptors (Lipinski definition) is 3. The van der Waals surface area contributed by atoms with Gasteiger partial charge in [-0.15, -0.1) is 0 Å². The van der Waals surface area contributed by atoms with Crippen LogP contribution in [-0.4, -0.2) is 61.1 Å². The Hall–Kier alpha value is -1.59. The highest BCUT2D eigenvalue weighted by atomic mass is 16.2. The Morgan fingerprint density at radius 1 is 1.22 bits per heavy atom. The maximum absolute atomic E-state index is 12.6. The Kier molecular flexibility index (Phi) is 5.18. The number of nitrogens with one attached hydrogen (secondary N) is 2. The smallest absolute Gasteiger partial charge is 0.317 e. The number of carbonyl (C=O) groups excluding carboxylic acids is 1. The molecular weight excluding hydrogens is 288 g/mol. The van der Waals surface area contributed by atoms with Crippen LogP contribution in [0.2, 0.25) is 0 Å². The van der Waals surface area contributed by atoms with Crippen LogP contribution in [0.25, 0.3) is 0 Å². The number of piperidine rings is 1. The summed E-state index contributed by atoms with van der Waals surface area (Å²) in [6, 6.07) is 10.2. The zero-order chi connectivity index (χ0) is 16.1. The SMILES string of the molecule is CN1CCCN(C(=O)NCc2ccccc2)CC12CCNCC2. The van der Waals surface area contributed by atoms with Crippen molar-refractivity contribution in [2.45, 2.75) is 31.3 Å². The lowest BCUT2D eigenvalue weighted by molar-refractivity contribution is 0.0726.